The van der Waals surface area contributed by atoms with Crippen LogP contribution in [0.1, 0.15) is 52.0 Å². The molecular formula is C19H31N3O2. The molecule has 0 aliphatic carbocycles. The van der Waals surface area contributed by atoms with E-state index in [1.165, 1.54) is 0 Å². The molecule has 134 valence electrons. The van der Waals surface area contributed by atoms with Crippen molar-refractivity contribution < 1.29 is 9.53 Å². The highest BCUT2D eigenvalue weighted by Crippen LogP contribution is 2.21. The normalized spacial score (nSPS) is 17.7. The van der Waals surface area contributed by atoms with Gasteiger partial charge >= 0.3 is 0 Å². The van der Waals surface area contributed by atoms with Crippen LogP contribution in [0.2, 0.25) is 0 Å². The van der Waals surface area contributed by atoms with E-state index >= 15 is 0 Å². The zero-order valence-corrected chi connectivity index (χ0v) is 15.4. The molecule has 1 unspecified atom stereocenters. The number of pyridine rings is 1. The molecule has 1 N–H and O–H groups in total. The number of aromatic nitrogens is 1. The monoisotopic (exact) mass is 333 g/mol. The summed E-state index contributed by atoms with van der Waals surface area (Å²) in [6, 6.07) is 4.14. The van der Waals surface area contributed by atoms with Crippen LogP contribution in [0.3, 0.4) is 0 Å². The lowest BCUT2D eigenvalue weighted by molar-refractivity contribution is -0.127. The fourth-order valence-corrected chi connectivity index (χ4v) is 3.11. The Balaban J connectivity index is 1.81. The number of nitrogens with zero attached hydrogens (tertiary/aromatic N) is 2. The Morgan fingerprint density at radius 1 is 1.38 bits per heavy atom. The second-order valence-electron chi connectivity index (χ2n) is 6.68. The number of aryl methyl sites for hydroxylation is 1. The number of nitrogens with one attached hydrogen (secondary N) is 1. The van der Waals surface area contributed by atoms with Gasteiger partial charge in [0, 0.05) is 30.9 Å². The maximum Gasteiger partial charge on any atom is 0.237 e. The van der Waals surface area contributed by atoms with E-state index in [0.717, 1.165) is 50.2 Å². The number of carbonyl (C=O) groups excluding carboxylic acids is 1. The minimum atomic E-state index is -0.0804. The van der Waals surface area contributed by atoms with E-state index in [1.54, 1.807) is 6.20 Å². The molecule has 0 aromatic carbocycles. The van der Waals surface area contributed by atoms with E-state index in [-0.39, 0.29) is 24.1 Å². The molecule has 1 atom stereocenters. The molecular weight excluding hydrogens is 302 g/mol. The van der Waals surface area contributed by atoms with Gasteiger partial charge in [0.2, 0.25) is 11.8 Å². The summed E-state index contributed by atoms with van der Waals surface area (Å²) in [5.74, 6) is 0.874. The van der Waals surface area contributed by atoms with Gasteiger partial charge in [-0.2, -0.15) is 0 Å². The maximum atomic E-state index is 12.4. The van der Waals surface area contributed by atoms with Crippen LogP contribution in [0.4, 0.5) is 0 Å². The Hall–Kier alpha value is -1.62. The molecule has 1 aromatic rings. The summed E-state index contributed by atoms with van der Waals surface area (Å²) in [6.45, 7) is 10.0. The zero-order chi connectivity index (χ0) is 17.5. The third-order valence-corrected chi connectivity index (χ3v) is 4.98. The summed E-state index contributed by atoms with van der Waals surface area (Å²) >= 11 is 0. The average molecular weight is 333 g/mol. The summed E-state index contributed by atoms with van der Waals surface area (Å²) in [6.07, 6.45) is 5.77. The second-order valence-corrected chi connectivity index (χ2v) is 6.68. The lowest BCUT2D eigenvalue weighted by atomic mass is 10.0. The molecule has 0 saturated carbocycles. The molecule has 1 saturated heterocycles. The molecule has 1 amide bonds. The van der Waals surface area contributed by atoms with Crippen molar-refractivity contribution in [2.24, 2.45) is 0 Å². The molecule has 0 bridgehead atoms. The number of rotatable bonds is 7. The lowest BCUT2D eigenvalue weighted by Crippen LogP contribution is -2.51. The number of hydrogen-bond acceptors (Lipinski definition) is 4. The fourth-order valence-electron chi connectivity index (χ4n) is 3.11. The van der Waals surface area contributed by atoms with Crippen LogP contribution in [0.15, 0.2) is 18.3 Å². The van der Waals surface area contributed by atoms with Gasteiger partial charge in [-0.3, -0.25) is 9.69 Å². The van der Waals surface area contributed by atoms with Crippen molar-refractivity contribution in [3.05, 3.63) is 23.9 Å². The molecule has 1 aliphatic heterocycles. The van der Waals surface area contributed by atoms with Gasteiger partial charge < -0.3 is 10.1 Å². The average Bonchev–Trinajstić information content (AvgIpc) is 2.61. The van der Waals surface area contributed by atoms with Crippen molar-refractivity contribution in [3.63, 3.8) is 0 Å². The largest absolute Gasteiger partial charge is 0.474 e. The summed E-state index contributed by atoms with van der Waals surface area (Å²) in [7, 11) is 0. The van der Waals surface area contributed by atoms with E-state index in [2.05, 4.69) is 29.0 Å². The van der Waals surface area contributed by atoms with Crippen molar-refractivity contribution >= 4 is 5.91 Å². The van der Waals surface area contributed by atoms with Crippen molar-refractivity contribution in [2.45, 2.75) is 71.6 Å². The standard InChI is InChI=1S/C19H31N3O2/c1-5-16(6-2)21-18(23)15(4)22-12-9-17(10-13-22)24-19-14(3)8-7-11-20-19/h7-8,11,15-17H,5-6,9-10,12-13H2,1-4H3,(H,21,23). The lowest BCUT2D eigenvalue weighted by Gasteiger charge is -2.35. The van der Waals surface area contributed by atoms with Gasteiger partial charge in [-0.05, 0) is 45.6 Å². The van der Waals surface area contributed by atoms with Crippen LogP contribution >= 0.6 is 0 Å². The van der Waals surface area contributed by atoms with Gasteiger partial charge in [0.15, 0.2) is 0 Å². The number of likely N-dealkylation sites (tertiary alicyclic amines) is 1. The first kappa shape index (κ1) is 18.7. The summed E-state index contributed by atoms with van der Waals surface area (Å²) in [4.78, 5) is 19.0. The fraction of sp³-hybridized carbons (Fsp3) is 0.684. The highest BCUT2D eigenvalue weighted by atomic mass is 16.5. The molecule has 1 aliphatic rings. The third kappa shape index (κ3) is 4.94. The molecule has 0 spiro atoms. The minimum absolute atomic E-state index is 0.0804. The number of hydrogen-bond donors (Lipinski definition) is 1. The van der Waals surface area contributed by atoms with E-state index in [9.17, 15) is 4.79 Å². The highest BCUT2D eigenvalue weighted by molar-refractivity contribution is 5.81. The van der Waals surface area contributed by atoms with Gasteiger partial charge in [-0.25, -0.2) is 4.98 Å². The Morgan fingerprint density at radius 3 is 2.62 bits per heavy atom. The Bertz CT molecular complexity index is 523. The molecule has 5 heteroatoms. The van der Waals surface area contributed by atoms with E-state index in [0.29, 0.717) is 0 Å². The van der Waals surface area contributed by atoms with Gasteiger partial charge in [0.05, 0.1) is 6.04 Å². The van der Waals surface area contributed by atoms with Gasteiger partial charge in [-0.1, -0.05) is 19.9 Å². The van der Waals surface area contributed by atoms with Gasteiger partial charge in [-0.15, -0.1) is 0 Å². The van der Waals surface area contributed by atoms with Crippen molar-refractivity contribution in [1.29, 1.82) is 0 Å². The molecule has 1 aromatic heterocycles. The predicted molar refractivity (Wildman–Crippen MR) is 96.2 cm³/mol. The van der Waals surface area contributed by atoms with Gasteiger partial charge in [0.1, 0.15) is 6.10 Å². The van der Waals surface area contributed by atoms with E-state index in [1.807, 2.05) is 26.0 Å². The Morgan fingerprint density at radius 2 is 2.04 bits per heavy atom. The molecule has 0 radical (unpaired) electrons. The van der Waals surface area contributed by atoms with E-state index < -0.39 is 0 Å². The summed E-state index contributed by atoms with van der Waals surface area (Å²) in [5, 5.41) is 3.15. The molecule has 24 heavy (non-hydrogen) atoms. The topological polar surface area (TPSA) is 54.5 Å². The van der Waals surface area contributed by atoms with Crippen LogP contribution in [0.5, 0.6) is 5.88 Å². The second kappa shape index (κ2) is 9.02. The Kier molecular flexibility index (Phi) is 7.03. The number of ether oxygens (including phenoxy) is 1. The van der Waals surface area contributed by atoms with Crippen molar-refractivity contribution in [1.82, 2.24) is 15.2 Å². The van der Waals surface area contributed by atoms with Crippen molar-refractivity contribution in [2.75, 3.05) is 13.1 Å². The van der Waals surface area contributed by atoms with Crippen LogP contribution in [0.25, 0.3) is 0 Å². The van der Waals surface area contributed by atoms with Crippen molar-refractivity contribution in [3.8, 4) is 5.88 Å². The molecule has 1 fully saturated rings. The molecule has 2 heterocycles. The molecule has 5 nitrogen and oxygen atoms in total. The smallest absolute Gasteiger partial charge is 0.237 e. The van der Waals surface area contributed by atoms with Crippen LogP contribution in [0, 0.1) is 6.92 Å². The van der Waals surface area contributed by atoms with Gasteiger partial charge in [0.25, 0.3) is 0 Å². The van der Waals surface area contributed by atoms with Crippen LogP contribution < -0.4 is 10.1 Å². The van der Waals surface area contributed by atoms with E-state index in [4.69, 9.17) is 4.74 Å². The molecule has 2 rings (SSSR count). The first-order valence-corrected chi connectivity index (χ1v) is 9.17. The maximum absolute atomic E-state index is 12.4. The quantitative estimate of drug-likeness (QED) is 0.833. The minimum Gasteiger partial charge on any atom is -0.474 e. The number of piperidine rings is 1. The predicted octanol–water partition coefficient (Wildman–Crippen LogP) is 2.93. The first-order chi connectivity index (χ1) is 11.5. The highest BCUT2D eigenvalue weighted by Gasteiger charge is 2.28. The third-order valence-electron chi connectivity index (χ3n) is 4.98. The van der Waals surface area contributed by atoms with Crippen LogP contribution in [-0.2, 0) is 4.79 Å². The Labute approximate surface area is 145 Å². The number of carbonyl (C=O) groups is 1. The van der Waals surface area contributed by atoms with Crippen LogP contribution in [-0.4, -0.2) is 47.1 Å². The summed E-state index contributed by atoms with van der Waals surface area (Å²) in [5.41, 5.74) is 1.07. The SMILES string of the molecule is CCC(CC)NC(=O)C(C)N1CCC(Oc2ncccc2C)CC1. The summed E-state index contributed by atoms with van der Waals surface area (Å²) < 4.78 is 6.04. The first-order valence-electron chi connectivity index (χ1n) is 9.17. The number of amides is 1. The zero-order valence-electron chi connectivity index (χ0n) is 15.4.